The van der Waals surface area contributed by atoms with Crippen molar-refractivity contribution in [2.24, 2.45) is 0 Å². The summed E-state index contributed by atoms with van der Waals surface area (Å²) in [6.07, 6.45) is 5.07. The molecule has 1 N–H and O–H groups in total. The highest BCUT2D eigenvalue weighted by Gasteiger charge is 2.34. The van der Waals surface area contributed by atoms with Crippen LogP contribution in [0.5, 0.6) is 0 Å². The number of anilines is 1. The maximum absolute atomic E-state index is 14.2. The third-order valence-electron chi connectivity index (χ3n) is 7.09. The number of sulfonamides is 1. The van der Waals surface area contributed by atoms with Gasteiger partial charge in [0, 0.05) is 29.1 Å². The molecule has 1 aliphatic carbocycles. The quantitative estimate of drug-likeness (QED) is 0.275. The lowest BCUT2D eigenvalue weighted by Gasteiger charge is -2.34. The summed E-state index contributed by atoms with van der Waals surface area (Å²) in [5.74, 6) is -0.848. The molecule has 0 saturated heterocycles. The number of amides is 2. The molecule has 218 valence electrons. The lowest BCUT2D eigenvalue weighted by molar-refractivity contribution is -0.140. The van der Waals surface area contributed by atoms with Gasteiger partial charge in [-0.05, 0) is 54.3 Å². The Bertz CT molecular complexity index is 1460. The lowest BCUT2D eigenvalue weighted by atomic mass is 10.0. The van der Waals surface area contributed by atoms with Gasteiger partial charge in [0.05, 0.1) is 17.0 Å². The van der Waals surface area contributed by atoms with E-state index in [1.54, 1.807) is 24.3 Å². The molecule has 0 spiro atoms. The molecular formula is C30H32Cl3N3O4S. The Balaban J connectivity index is 1.74. The van der Waals surface area contributed by atoms with Crippen LogP contribution in [-0.2, 0) is 32.6 Å². The number of benzene rings is 3. The molecule has 0 aromatic heterocycles. The second-order valence-electron chi connectivity index (χ2n) is 10.2. The van der Waals surface area contributed by atoms with E-state index in [4.69, 9.17) is 34.8 Å². The molecular weight excluding hydrogens is 605 g/mol. The number of halogens is 3. The van der Waals surface area contributed by atoms with Gasteiger partial charge in [0.2, 0.25) is 21.8 Å². The SMILES string of the molecule is CS(=O)(=O)N(CC(=O)N(Cc1ccc(Cl)cc1)C(Cc1ccccc1)C(=O)NC1CCCC1)c1cc(Cl)ccc1Cl. The van der Waals surface area contributed by atoms with E-state index in [9.17, 15) is 18.0 Å². The van der Waals surface area contributed by atoms with Gasteiger partial charge < -0.3 is 10.2 Å². The van der Waals surface area contributed by atoms with Crippen LogP contribution >= 0.6 is 34.8 Å². The highest BCUT2D eigenvalue weighted by molar-refractivity contribution is 7.92. The summed E-state index contributed by atoms with van der Waals surface area (Å²) in [7, 11) is -3.96. The zero-order valence-electron chi connectivity index (χ0n) is 22.6. The largest absolute Gasteiger partial charge is 0.352 e. The first-order valence-electron chi connectivity index (χ1n) is 13.3. The Morgan fingerprint density at radius 2 is 1.54 bits per heavy atom. The Kier molecular flexibility index (Phi) is 10.6. The van der Waals surface area contributed by atoms with Crippen molar-refractivity contribution in [3.05, 3.63) is 99.0 Å². The molecule has 1 aliphatic rings. The molecule has 0 aliphatic heterocycles. The summed E-state index contributed by atoms with van der Waals surface area (Å²) >= 11 is 18.6. The number of carbonyl (C=O) groups is 2. The highest BCUT2D eigenvalue weighted by Crippen LogP contribution is 2.31. The van der Waals surface area contributed by atoms with E-state index >= 15 is 0 Å². The average molecular weight is 637 g/mol. The molecule has 41 heavy (non-hydrogen) atoms. The highest BCUT2D eigenvalue weighted by atomic mass is 35.5. The summed E-state index contributed by atoms with van der Waals surface area (Å²) in [6, 6.07) is 19.9. The molecule has 1 fully saturated rings. The minimum atomic E-state index is -3.96. The fourth-order valence-electron chi connectivity index (χ4n) is 4.98. The van der Waals surface area contributed by atoms with E-state index in [-0.39, 0.29) is 40.6 Å². The molecule has 0 bridgehead atoms. The second-order valence-corrected chi connectivity index (χ2v) is 13.4. The predicted octanol–water partition coefficient (Wildman–Crippen LogP) is 6.11. The van der Waals surface area contributed by atoms with Crippen LogP contribution in [0.4, 0.5) is 5.69 Å². The average Bonchev–Trinajstić information content (AvgIpc) is 3.44. The molecule has 4 rings (SSSR count). The van der Waals surface area contributed by atoms with E-state index in [1.165, 1.54) is 23.1 Å². The van der Waals surface area contributed by atoms with Crippen LogP contribution < -0.4 is 9.62 Å². The molecule has 7 nitrogen and oxygen atoms in total. The third-order valence-corrected chi connectivity index (χ3v) is 9.03. The van der Waals surface area contributed by atoms with Crippen LogP contribution in [0.3, 0.4) is 0 Å². The van der Waals surface area contributed by atoms with Crippen molar-refractivity contribution in [3.63, 3.8) is 0 Å². The van der Waals surface area contributed by atoms with Crippen LogP contribution in [-0.4, -0.2) is 50.0 Å². The van der Waals surface area contributed by atoms with Crippen molar-refractivity contribution < 1.29 is 18.0 Å². The van der Waals surface area contributed by atoms with Gasteiger partial charge in [-0.3, -0.25) is 13.9 Å². The third kappa shape index (κ3) is 8.61. The molecule has 1 saturated carbocycles. The van der Waals surface area contributed by atoms with Crippen molar-refractivity contribution in [1.29, 1.82) is 0 Å². The number of carbonyl (C=O) groups excluding carboxylic acids is 2. The number of nitrogens with one attached hydrogen (secondary N) is 1. The summed E-state index contributed by atoms with van der Waals surface area (Å²) in [5, 5.41) is 4.06. The number of rotatable bonds is 11. The van der Waals surface area contributed by atoms with Gasteiger partial charge in [-0.25, -0.2) is 8.42 Å². The Labute approximate surface area is 256 Å². The lowest BCUT2D eigenvalue weighted by Crippen LogP contribution is -2.54. The van der Waals surface area contributed by atoms with E-state index in [0.717, 1.165) is 47.4 Å². The van der Waals surface area contributed by atoms with Crippen molar-refractivity contribution in [2.75, 3.05) is 17.1 Å². The van der Waals surface area contributed by atoms with Crippen LogP contribution in [0.1, 0.15) is 36.8 Å². The van der Waals surface area contributed by atoms with E-state index < -0.39 is 28.5 Å². The minimum absolute atomic E-state index is 0.0334. The predicted molar refractivity (Wildman–Crippen MR) is 165 cm³/mol. The Morgan fingerprint density at radius 1 is 0.902 bits per heavy atom. The summed E-state index contributed by atoms with van der Waals surface area (Å²) in [6.45, 7) is -0.513. The fraction of sp³-hybridized carbons (Fsp3) is 0.333. The molecule has 0 heterocycles. The van der Waals surface area contributed by atoms with Gasteiger partial charge in [0.15, 0.2) is 0 Å². The molecule has 3 aromatic carbocycles. The zero-order valence-corrected chi connectivity index (χ0v) is 25.7. The number of hydrogen-bond acceptors (Lipinski definition) is 4. The first-order valence-corrected chi connectivity index (χ1v) is 16.3. The molecule has 3 aromatic rings. The van der Waals surface area contributed by atoms with Crippen molar-refractivity contribution in [3.8, 4) is 0 Å². The van der Waals surface area contributed by atoms with E-state index in [1.807, 2.05) is 30.3 Å². The van der Waals surface area contributed by atoms with Crippen molar-refractivity contribution in [2.45, 2.75) is 50.7 Å². The molecule has 11 heteroatoms. The Hall–Kier alpha value is -2.78. The van der Waals surface area contributed by atoms with Crippen molar-refractivity contribution in [1.82, 2.24) is 10.2 Å². The number of hydrogen-bond donors (Lipinski definition) is 1. The van der Waals surface area contributed by atoms with Gasteiger partial charge in [0.1, 0.15) is 12.6 Å². The van der Waals surface area contributed by atoms with Gasteiger partial charge in [0.25, 0.3) is 0 Å². The van der Waals surface area contributed by atoms with Gasteiger partial charge >= 0.3 is 0 Å². The fourth-order valence-corrected chi connectivity index (χ4v) is 6.40. The molecule has 2 amide bonds. The van der Waals surface area contributed by atoms with Crippen LogP contribution in [0.15, 0.2) is 72.8 Å². The van der Waals surface area contributed by atoms with Gasteiger partial charge in [-0.1, -0.05) is 90.1 Å². The summed E-state index contributed by atoms with van der Waals surface area (Å²) < 4.78 is 26.8. The van der Waals surface area contributed by atoms with Crippen LogP contribution in [0.25, 0.3) is 0 Å². The van der Waals surface area contributed by atoms with Gasteiger partial charge in [-0.2, -0.15) is 0 Å². The van der Waals surface area contributed by atoms with Crippen molar-refractivity contribution >= 4 is 62.3 Å². The maximum Gasteiger partial charge on any atom is 0.244 e. The molecule has 1 unspecified atom stereocenters. The van der Waals surface area contributed by atoms with Gasteiger partial charge in [-0.15, -0.1) is 0 Å². The summed E-state index contributed by atoms with van der Waals surface area (Å²) in [4.78, 5) is 29.4. The normalized spacial score (nSPS) is 14.4. The molecule has 1 atom stereocenters. The van der Waals surface area contributed by atoms with E-state index in [0.29, 0.717) is 5.02 Å². The van der Waals surface area contributed by atoms with Crippen LogP contribution in [0.2, 0.25) is 15.1 Å². The second kappa shape index (κ2) is 13.9. The standard InChI is InChI=1S/C30H32Cl3N3O4S/c1-41(39,40)36(27-18-24(32)15-16-26(27)33)20-29(37)35(19-22-11-13-23(31)14-12-22)28(17-21-7-3-2-4-8-21)30(38)34-25-9-5-6-10-25/h2-4,7-8,11-16,18,25,28H,5-6,9-10,17,19-20H2,1H3,(H,34,38). The molecule has 0 radical (unpaired) electrons. The first-order chi connectivity index (χ1) is 19.5. The van der Waals surface area contributed by atoms with E-state index in [2.05, 4.69) is 5.32 Å². The monoisotopic (exact) mass is 635 g/mol. The topological polar surface area (TPSA) is 86.8 Å². The van der Waals surface area contributed by atoms with Crippen LogP contribution in [0, 0.1) is 0 Å². The number of nitrogens with zero attached hydrogens (tertiary/aromatic N) is 2. The minimum Gasteiger partial charge on any atom is -0.352 e. The summed E-state index contributed by atoms with van der Waals surface area (Å²) in [5.41, 5.74) is 1.68. The first kappa shape index (κ1) is 31.2. The smallest absolute Gasteiger partial charge is 0.244 e. The zero-order chi connectivity index (χ0) is 29.6. The Morgan fingerprint density at radius 3 is 2.17 bits per heavy atom. The maximum atomic E-state index is 14.2.